The predicted molar refractivity (Wildman–Crippen MR) is 98.5 cm³/mol. The number of aryl methyl sites for hydroxylation is 1. The van der Waals surface area contributed by atoms with E-state index in [1.165, 1.54) is 0 Å². The Hall–Kier alpha value is -2.67. The van der Waals surface area contributed by atoms with Crippen molar-refractivity contribution in [3.05, 3.63) is 53.2 Å². The zero-order chi connectivity index (χ0) is 17.6. The molecule has 130 valence electrons. The average Bonchev–Trinajstić information content (AvgIpc) is 3.29. The van der Waals surface area contributed by atoms with E-state index in [1.54, 1.807) is 11.3 Å². The van der Waals surface area contributed by atoms with Crippen LogP contribution in [0.15, 0.2) is 46.3 Å². The predicted octanol–water partition coefficient (Wildman–Crippen LogP) is 3.11. The Labute approximate surface area is 150 Å². The Kier molecular flexibility index (Phi) is 5.45. The molecule has 6 nitrogen and oxygen atoms in total. The summed E-state index contributed by atoms with van der Waals surface area (Å²) in [6, 6.07) is 12.0. The Morgan fingerprint density at radius 1 is 1.24 bits per heavy atom. The molecule has 0 radical (unpaired) electrons. The van der Waals surface area contributed by atoms with Crippen LogP contribution >= 0.6 is 11.3 Å². The van der Waals surface area contributed by atoms with Gasteiger partial charge in [-0.05, 0) is 29.1 Å². The Morgan fingerprint density at radius 2 is 2.04 bits per heavy atom. The molecule has 0 aliphatic heterocycles. The zero-order valence-corrected chi connectivity index (χ0v) is 15.0. The molecule has 0 fully saturated rings. The van der Waals surface area contributed by atoms with Crippen LogP contribution < -0.4 is 10.2 Å². The molecular formula is C18H20N4O2S. The molecule has 1 amide bonds. The van der Waals surface area contributed by atoms with Crippen LogP contribution in [0.5, 0.6) is 0 Å². The summed E-state index contributed by atoms with van der Waals surface area (Å²) >= 11 is 1.55. The highest BCUT2D eigenvalue weighted by Gasteiger charge is 2.11. The molecule has 2 aromatic heterocycles. The number of amides is 1. The maximum atomic E-state index is 12.0. The summed E-state index contributed by atoms with van der Waals surface area (Å²) in [5.41, 5.74) is 2.20. The number of hydrogen-bond donors (Lipinski definition) is 1. The lowest BCUT2D eigenvalue weighted by atomic mass is 10.2. The van der Waals surface area contributed by atoms with Gasteiger partial charge < -0.3 is 14.7 Å². The summed E-state index contributed by atoms with van der Waals surface area (Å²) in [4.78, 5) is 19.3. The van der Waals surface area contributed by atoms with Gasteiger partial charge in [-0.25, -0.2) is 0 Å². The molecule has 0 saturated heterocycles. The second-order valence-corrected chi connectivity index (χ2v) is 6.77. The minimum Gasteiger partial charge on any atom is -0.378 e. The van der Waals surface area contributed by atoms with Crippen molar-refractivity contribution in [1.29, 1.82) is 0 Å². The minimum atomic E-state index is -0.0347. The quantitative estimate of drug-likeness (QED) is 0.704. The molecule has 0 saturated carbocycles. The van der Waals surface area contributed by atoms with E-state index in [1.807, 2.05) is 60.8 Å². The molecule has 1 aromatic carbocycles. The van der Waals surface area contributed by atoms with E-state index in [-0.39, 0.29) is 5.91 Å². The van der Waals surface area contributed by atoms with Gasteiger partial charge in [-0.3, -0.25) is 4.79 Å². The number of aromatic nitrogens is 2. The summed E-state index contributed by atoms with van der Waals surface area (Å²) in [6.07, 6.45) is 0.756. The number of nitrogens with one attached hydrogen (secondary N) is 1. The largest absolute Gasteiger partial charge is 0.378 e. The van der Waals surface area contributed by atoms with E-state index in [4.69, 9.17) is 4.52 Å². The first-order valence-corrected chi connectivity index (χ1v) is 8.89. The van der Waals surface area contributed by atoms with Gasteiger partial charge in [0.1, 0.15) is 0 Å². The third-order valence-corrected chi connectivity index (χ3v) is 4.58. The molecule has 0 spiro atoms. The Morgan fingerprint density at radius 3 is 2.72 bits per heavy atom. The summed E-state index contributed by atoms with van der Waals surface area (Å²) in [5.74, 6) is 1.02. The van der Waals surface area contributed by atoms with Gasteiger partial charge in [-0.2, -0.15) is 4.98 Å². The molecule has 2 heterocycles. The van der Waals surface area contributed by atoms with E-state index >= 15 is 0 Å². The van der Waals surface area contributed by atoms with Gasteiger partial charge in [0.2, 0.25) is 17.6 Å². The highest BCUT2D eigenvalue weighted by molar-refractivity contribution is 7.13. The monoisotopic (exact) mass is 356 g/mol. The number of benzene rings is 1. The van der Waals surface area contributed by atoms with Crippen molar-refractivity contribution >= 4 is 22.9 Å². The van der Waals surface area contributed by atoms with Gasteiger partial charge in [-0.15, -0.1) is 11.3 Å². The fourth-order valence-electron chi connectivity index (χ4n) is 2.28. The SMILES string of the molecule is CN(C)c1ccc(CNC(=O)CCc2nc(-c3cccs3)no2)cc1. The number of rotatable bonds is 7. The first-order valence-electron chi connectivity index (χ1n) is 8.01. The fraction of sp³-hybridized carbons (Fsp3) is 0.278. The lowest BCUT2D eigenvalue weighted by molar-refractivity contribution is -0.121. The highest BCUT2D eigenvalue weighted by atomic mass is 32.1. The van der Waals surface area contributed by atoms with E-state index < -0.39 is 0 Å². The molecular weight excluding hydrogens is 336 g/mol. The zero-order valence-electron chi connectivity index (χ0n) is 14.2. The van der Waals surface area contributed by atoms with Crippen molar-refractivity contribution in [1.82, 2.24) is 15.5 Å². The van der Waals surface area contributed by atoms with Crippen molar-refractivity contribution in [2.45, 2.75) is 19.4 Å². The number of carbonyl (C=O) groups excluding carboxylic acids is 1. The van der Waals surface area contributed by atoms with Gasteiger partial charge in [0.15, 0.2) is 0 Å². The Balaban J connectivity index is 1.45. The van der Waals surface area contributed by atoms with Gasteiger partial charge in [-0.1, -0.05) is 23.4 Å². The van der Waals surface area contributed by atoms with Crippen LogP contribution in [0.3, 0.4) is 0 Å². The molecule has 1 N–H and O–H groups in total. The van der Waals surface area contributed by atoms with Crippen LogP contribution in [-0.4, -0.2) is 30.1 Å². The number of carbonyl (C=O) groups is 1. The first kappa shape index (κ1) is 17.2. The molecule has 25 heavy (non-hydrogen) atoms. The second kappa shape index (κ2) is 7.94. The topological polar surface area (TPSA) is 71.3 Å². The van der Waals surface area contributed by atoms with Crippen LogP contribution in [0.2, 0.25) is 0 Å². The van der Waals surface area contributed by atoms with E-state index in [0.29, 0.717) is 31.1 Å². The normalized spacial score (nSPS) is 10.6. The molecule has 0 aliphatic carbocycles. The molecule has 0 unspecified atom stereocenters. The summed E-state index contributed by atoms with van der Waals surface area (Å²) in [6.45, 7) is 0.511. The van der Waals surface area contributed by atoms with E-state index in [9.17, 15) is 4.79 Å². The van der Waals surface area contributed by atoms with Crippen LogP contribution in [0.4, 0.5) is 5.69 Å². The number of anilines is 1. The van der Waals surface area contributed by atoms with Crippen LogP contribution in [0.25, 0.3) is 10.7 Å². The van der Waals surface area contributed by atoms with Gasteiger partial charge >= 0.3 is 0 Å². The number of hydrogen-bond acceptors (Lipinski definition) is 6. The molecule has 3 rings (SSSR count). The maximum absolute atomic E-state index is 12.0. The Bertz CT molecular complexity index is 810. The van der Waals surface area contributed by atoms with Crippen molar-refractivity contribution < 1.29 is 9.32 Å². The van der Waals surface area contributed by atoms with E-state index in [0.717, 1.165) is 16.1 Å². The third kappa shape index (κ3) is 4.67. The standard InChI is InChI=1S/C18H20N4O2S/c1-22(2)14-7-5-13(6-8-14)12-19-16(23)9-10-17-20-18(21-24-17)15-4-3-11-25-15/h3-8,11H,9-10,12H2,1-2H3,(H,19,23). The smallest absolute Gasteiger partial charge is 0.227 e. The number of nitrogens with zero attached hydrogens (tertiary/aromatic N) is 3. The van der Waals surface area contributed by atoms with Crippen molar-refractivity contribution in [2.75, 3.05) is 19.0 Å². The number of thiophene rings is 1. The van der Waals surface area contributed by atoms with Crippen molar-refractivity contribution in [2.24, 2.45) is 0 Å². The third-order valence-electron chi connectivity index (χ3n) is 3.72. The summed E-state index contributed by atoms with van der Waals surface area (Å²) in [7, 11) is 4.00. The lowest BCUT2D eigenvalue weighted by Gasteiger charge is -2.12. The maximum Gasteiger partial charge on any atom is 0.227 e. The van der Waals surface area contributed by atoms with E-state index in [2.05, 4.69) is 15.5 Å². The van der Waals surface area contributed by atoms with Gasteiger partial charge in [0, 0.05) is 39.2 Å². The molecule has 7 heteroatoms. The summed E-state index contributed by atoms with van der Waals surface area (Å²) in [5, 5.41) is 8.82. The average molecular weight is 356 g/mol. The van der Waals surface area contributed by atoms with Crippen molar-refractivity contribution in [3.8, 4) is 10.7 Å². The fourth-order valence-corrected chi connectivity index (χ4v) is 2.93. The second-order valence-electron chi connectivity index (χ2n) is 5.83. The van der Waals surface area contributed by atoms with Gasteiger partial charge in [0.25, 0.3) is 0 Å². The minimum absolute atomic E-state index is 0.0347. The molecule has 3 aromatic rings. The summed E-state index contributed by atoms with van der Waals surface area (Å²) < 4.78 is 5.20. The van der Waals surface area contributed by atoms with Crippen LogP contribution in [0.1, 0.15) is 17.9 Å². The van der Waals surface area contributed by atoms with Gasteiger partial charge in [0.05, 0.1) is 4.88 Å². The molecule has 0 bridgehead atoms. The first-order chi connectivity index (χ1) is 12.1. The molecule has 0 atom stereocenters. The lowest BCUT2D eigenvalue weighted by Crippen LogP contribution is -2.23. The van der Waals surface area contributed by atoms with Crippen molar-refractivity contribution in [3.63, 3.8) is 0 Å². The highest BCUT2D eigenvalue weighted by Crippen LogP contribution is 2.21. The van der Waals surface area contributed by atoms with Crippen LogP contribution in [0, 0.1) is 0 Å². The molecule has 0 aliphatic rings. The van der Waals surface area contributed by atoms with Crippen LogP contribution in [-0.2, 0) is 17.8 Å².